The lowest BCUT2D eigenvalue weighted by molar-refractivity contribution is 0.475. The highest BCUT2D eigenvalue weighted by Crippen LogP contribution is 2.61. The molecule has 0 heterocycles. The highest BCUT2D eigenvalue weighted by molar-refractivity contribution is 7.68. The zero-order valence-corrected chi connectivity index (χ0v) is 15.2. The standard InChI is InChI=1S/C14H22F4O2P2/c1-13(2,3)9-7-12(22(17,18)20)10(14(4,5)6)8-11(9)21(15,16)19/h7-8,19-20H,1-6H3/q+2. The van der Waals surface area contributed by atoms with Crippen LogP contribution in [0.5, 0.6) is 0 Å². The second-order valence-corrected chi connectivity index (χ2v) is 10.3. The average molecular weight is 360 g/mol. The predicted octanol–water partition coefficient (Wildman–Crippen LogP) is 4.92. The molecule has 0 aromatic heterocycles. The van der Waals surface area contributed by atoms with Crippen molar-refractivity contribution in [2.24, 2.45) is 0 Å². The smallest absolute Gasteiger partial charge is 0.180 e. The number of hydrogen-bond donors (Lipinski definition) is 2. The van der Waals surface area contributed by atoms with E-state index in [0.29, 0.717) is 0 Å². The molecule has 2 N–H and O–H groups in total. The Morgan fingerprint density at radius 3 is 1.05 bits per heavy atom. The van der Waals surface area contributed by atoms with Crippen LogP contribution in [-0.2, 0) is 10.8 Å². The maximum atomic E-state index is 13.7. The van der Waals surface area contributed by atoms with Gasteiger partial charge in [-0.1, -0.05) is 41.5 Å². The van der Waals surface area contributed by atoms with Gasteiger partial charge in [0, 0.05) is 27.9 Å². The fourth-order valence-electron chi connectivity index (χ4n) is 2.22. The minimum atomic E-state index is -5.38. The molecule has 0 spiro atoms. The fourth-order valence-corrected chi connectivity index (χ4v) is 4.17. The molecule has 0 saturated carbocycles. The molecule has 22 heavy (non-hydrogen) atoms. The Labute approximate surface area is 129 Å². The van der Waals surface area contributed by atoms with Crippen molar-refractivity contribution < 1.29 is 26.6 Å². The Morgan fingerprint density at radius 2 is 0.909 bits per heavy atom. The molecule has 1 aromatic rings. The first-order valence-corrected chi connectivity index (χ1v) is 9.72. The molecule has 0 aliphatic rings. The maximum Gasteiger partial charge on any atom is 0.552 e. The molecule has 0 fully saturated rings. The van der Waals surface area contributed by atoms with E-state index in [0.717, 1.165) is 12.1 Å². The Kier molecular flexibility index (Phi) is 5.09. The Bertz CT molecular complexity index is 466. The van der Waals surface area contributed by atoms with E-state index in [2.05, 4.69) is 0 Å². The van der Waals surface area contributed by atoms with Gasteiger partial charge in [0.25, 0.3) is 0 Å². The molecule has 0 aliphatic carbocycles. The van der Waals surface area contributed by atoms with Crippen LogP contribution in [0.4, 0.5) is 16.8 Å². The molecule has 0 radical (unpaired) electrons. The second-order valence-electron chi connectivity index (χ2n) is 7.35. The lowest BCUT2D eigenvalue weighted by Gasteiger charge is -2.25. The molecule has 0 aliphatic heterocycles. The SMILES string of the molecule is CC(C)(C)c1cc([P+](O)(F)F)c(C(C)(C)C)cc1[P+](O)(F)F. The second kappa shape index (κ2) is 5.66. The topological polar surface area (TPSA) is 40.5 Å². The highest BCUT2D eigenvalue weighted by atomic mass is 31.3. The van der Waals surface area contributed by atoms with E-state index in [1.165, 1.54) is 0 Å². The third-order valence-corrected chi connectivity index (χ3v) is 5.21. The van der Waals surface area contributed by atoms with Gasteiger partial charge in [-0.15, -0.1) is 0 Å². The summed E-state index contributed by atoms with van der Waals surface area (Å²) in [6.07, 6.45) is 0. The van der Waals surface area contributed by atoms with Gasteiger partial charge in [-0.3, -0.25) is 0 Å². The number of halogens is 4. The summed E-state index contributed by atoms with van der Waals surface area (Å²) in [4.78, 5) is 18.5. The van der Waals surface area contributed by atoms with Gasteiger partial charge in [-0.2, -0.15) is 9.79 Å². The predicted molar refractivity (Wildman–Crippen MR) is 85.8 cm³/mol. The quantitative estimate of drug-likeness (QED) is 0.581. The first-order chi connectivity index (χ1) is 9.45. The number of rotatable bonds is 2. The lowest BCUT2D eigenvalue weighted by atomic mass is 9.82. The molecule has 126 valence electrons. The summed E-state index contributed by atoms with van der Waals surface area (Å²) >= 11 is 0. The van der Waals surface area contributed by atoms with E-state index >= 15 is 0 Å². The van der Waals surface area contributed by atoms with Crippen molar-refractivity contribution in [2.75, 3.05) is 0 Å². The molecule has 0 saturated heterocycles. The van der Waals surface area contributed by atoms with Crippen LogP contribution in [0.15, 0.2) is 12.1 Å². The summed E-state index contributed by atoms with van der Waals surface area (Å²) in [5.74, 6) is 0. The van der Waals surface area contributed by atoms with Gasteiger partial charge in [-0.25, -0.2) is 0 Å². The van der Waals surface area contributed by atoms with Crippen LogP contribution in [0.2, 0.25) is 0 Å². The van der Waals surface area contributed by atoms with Crippen LogP contribution in [0.25, 0.3) is 0 Å². The van der Waals surface area contributed by atoms with Crippen LogP contribution < -0.4 is 10.6 Å². The number of benzene rings is 1. The largest absolute Gasteiger partial charge is 0.552 e. The Hall–Kier alpha value is -0.280. The van der Waals surface area contributed by atoms with Crippen molar-refractivity contribution in [1.29, 1.82) is 0 Å². The summed E-state index contributed by atoms with van der Waals surface area (Å²) in [6, 6.07) is 1.88. The molecule has 0 atom stereocenters. The molecular formula is C14H22F4O2P2+2. The van der Waals surface area contributed by atoms with Gasteiger partial charge in [0.15, 0.2) is 10.6 Å². The van der Waals surface area contributed by atoms with Gasteiger partial charge >= 0.3 is 16.2 Å². The molecule has 1 rings (SSSR count). The van der Waals surface area contributed by atoms with E-state index < -0.39 is 37.7 Å². The van der Waals surface area contributed by atoms with E-state index in [4.69, 9.17) is 0 Å². The van der Waals surface area contributed by atoms with Gasteiger partial charge in [0.2, 0.25) is 0 Å². The van der Waals surface area contributed by atoms with Crippen molar-refractivity contribution in [3.63, 3.8) is 0 Å². The van der Waals surface area contributed by atoms with Crippen LogP contribution in [0.3, 0.4) is 0 Å². The molecule has 8 heteroatoms. The third-order valence-electron chi connectivity index (χ3n) is 3.31. The Morgan fingerprint density at radius 1 is 0.682 bits per heavy atom. The van der Waals surface area contributed by atoms with Crippen LogP contribution in [0, 0.1) is 0 Å². The monoisotopic (exact) mass is 360 g/mol. The highest BCUT2D eigenvalue weighted by Gasteiger charge is 2.53. The van der Waals surface area contributed by atoms with Crippen molar-refractivity contribution in [1.82, 2.24) is 0 Å². The normalized spacial score (nSPS) is 14.4. The minimum Gasteiger partial charge on any atom is -0.180 e. The first kappa shape index (κ1) is 19.8. The number of hydrogen-bond acceptors (Lipinski definition) is 2. The maximum absolute atomic E-state index is 13.7. The van der Waals surface area contributed by atoms with E-state index in [-0.39, 0.29) is 11.1 Å². The summed E-state index contributed by atoms with van der Waals surface area (Å²) in [7, 11) is -10.8. The summed E-state index contributed by atoms with van der Waals surface area (Å²) in [6.45, 7) is 9.56. The zero-order chi connectivity index (χ0) is 17.7. The van der Waals surface area contributed by atoms with Crippen LogP contribution in [0.1, 0.15) is 52.7 Å². The molecule has 0 unspecified atom stereocenters. The third kappa shape index (κ3) is 4.38. The molecule has 0 amide bonds. The zero-order valence-electron chi connectivity index (χ0n) is 13.5. The van der Waals surface area contributed by atoms with E-state index in [9.17, 15) is 26.6 Å². The van der Waals surface area contributed by atoms with Crippen LogP contribution in [-0.4, -0.2) is 9.79 Å². The minimum absolute atomic E-state index is 0.0648. The molecule has 0 bridgehead atoms. The summed E-state index contributed by atoms with van der Waals surface area (Å²) in [5.41, 5.74) is -1.88. The molecular weight excluding hydrogens is 338 g/mol. The van der Waals surface area contributed by atoms with E-state index in [1.54, 1.807) is 41.5 Å². The summed E-state index contributed by atoms with van der Waals surface area (Å²) in [5, 5.41) is -1.19. The Balaban J connectivity index is 3.90. The van der Waals surface area contributed by atoms with Crippen molar-refractivity contribution in [2.45, 2.75) is 52.4 Å². The van der Waals surface area contributed by atoms with Crippen LogP contribution >= 0.6 is 16.2 Å². The van der Waals surface area contributed by atoms with Gasteiger partial charge in [0.05, 0.1) is 0 Å². The first-order valence-electron chi connectivity index (χ1n) is 6.68. The lowest BCUT2D eigenvalue weighted by Crippen LogP contribution is -2.32. The van der Waals surface area contributed by atoms with Crippen molar-refractivity contribution >= 4 is 26.8 Å². The molecule has 1 aromatic carbocycles. The van der Waals surface area contributed by atoms with E-state index in [1.807, 2.05) is 0 Å². The molecule has 2 nitrogen and oxygen atoms in total. The average Bonchev–Trinajstić information content (AvgIpc) is 2.22. The van der Waals surface area contributed by atoms with Gasteiger partial charge < -0.3 is 0 Å². The van der Waals surface area contributed by atoms with Crippen molar-refractivity contribution in [3.8, 4) is 0 Å². The summed E-state index contributed by atoms with van der Waals surface area (Å²) < 4.78 is 54.7. The van der Waals surface area contributed by atoms with Crippen molar-refractivity contribution in [3.05, 3.63) is 23.3 Å². The fraction of sp³-hybridized carbons (Fsp3) is 0.571. The van der Waals surface area contributed by atoms with Gasteiger partial charge in [0.1, 0.15) is 0 Å². The van der Waals surface area contributed by atoms with Gasteiger partial charge in [-0.05, 0) is 23.0 Å².